The topological polar surface area (TPSA) is 181 Å². The number of aliphatic carboxylic acids is 1. The van der Waals surface area contributed by atoms with Crippen LogP contribution in [0.15, 0.2) is 0 Å². The second-order valence-electron chi connectivity index (χ2n) is 5.82. The van der Waals surface area contributed by atoms with Crippen molar-refractivity contribution in [2.75, 3.05) is 19.8 Å². The molecule has 2 N–H and O–H groups in total. The van der Waals surface area contributed by atoms with Gasteiger partial charge < -0.3 is 29.4 Å². The van der Waals surface area contributed by atoms with Crippen molar-refractivity contribution in [2.45, 2.75) is 37.3 Å². The molecule has 1 unspecified atom stereocenters. The Morgan fingerprint density at radius 1 is 1.16 bits per heavy atom. The second-order valence-corrected chi connectivity index (χ2v) is 5.82. The fourth-order valence-electron chi connectivity index (χ4n) is 3.17. The number of fused-ring (bicyclic) bond motifs is 1. The molecular weight excluding hydrogens is 348 g/mol. The first-order valence-corrected chi connectivity index (χ1v) is 7.52. The van der Waals surface area contributed by atoms with E-state index in [0.717, 1.165) is 0 Å². The number of hydrogen-bond acceptors (Lipinski definition) is 10. The molecular formula is C12H18N2O11. The molecule has 25 heavy (non-hydrogen) atoms. The fourth-order valence-corrected chi connectivity index (χ4v) is 3.17. The van der Waals surface area contributed by atoms with E-state index in [1.807, 2.05) is 0 Å². The van der Waals surface area contributed by atoms with E-state index in [2.05, 4.69) is 9.68 Å². The lowest BCUT2D eigenvalue weighted by atomic mass is 9.84. The summed E-state index contributed by atoms with van der Waals surface area (Å²) in [6.07, 6.45) is -3.51. The maximum absolute atomic E-state index is 11.6. The highest BCUT2D eigenvalue weighted by atomic mass is 17.0. The number of carboxylic acids is 1. The summed E-state index contributed by atoms with van der Waals surface area (Å²) in [4.78, 5) is 40.6. The van der Waals surface area contributed by atoms with Crippen LogP contribution in [0.2, 0.25) is 0 Å². The molecule has 0 aromatic heterocycles. The molecule has 0 radical (unpaired) electrons. The zero-order chi connectivity index (χ0) is 18.6. The SMILES string of the molecule is O=C(O)[C@@H](CCC(CO[N+](=O)[O-])O[N+](=O)[O-])[C@@H]1CO[C@H]2[C@@H]1OC[C@H]2O. The first-order chi connectivity index (χ1) is 11.8. The Morgan fingerprint density at radius 2 is 1.84 bits per heavy atom. The number of hydrogen-bond donors (Lipinski definition) is 2. The van der Waals surface area contributed by atoms with E-state index in [0.29, 0.717) is 0 Å². The molecule has 0 amide bonds. The van der Waals surface area contributed by atoms with Crippen molar-refractivity contribution in [1.29, 1.82) is 0 Å². The van der Waals surface area contributed by atoms with Gasteiger partial charge in [-0.2, -0.15) is 0 Å². The lowest BCUT2D eigenvalue weighted by molar-refractivity contribution is -0.790. The third kappa shape index (κ3) is 4.87. The zero-order valence-electron chi connectivity index (χ0n) is 13.0. The largest absolute Gasteiger partial charge is 0.481 e. The quantitative estimate of drug-likeness (QED) is 0.358. The van der Waals surface area contributed by atoms with Crippen LogP contribution < -0.4 is 0 Å². The number of carbonyl (C=O) groups is 1. The average molecular weight is 366 g/mol. The van der Waals surface area contributed by atoms with E-state index >= 15 is 0 Å². The third-order valence-corrected chi connectivity index (χ3v) is 4.30. The smallest absolute Gasteiger partial charge is 0.306 e. The predicted molar refractivity (Wildman–Crippen MR) is 74.2 cm³/mol. The minimum absolute atomic E-state index is 0.0436. The highest BCUT2D eigenvalue weighted by molar-refractivity contribution is 5.70. The van der Waals surface area contributed by atoms with Gasteiger partial charge in [0.25, 0.3) is 10.2 Å². The molecule has 0 aromatic carbocycles. The standard InChI is InChI=1S/C12H18N2O11/c15-9-5-23-10-8(4-22-11(9)10)7(12(16)17)2-1-6(25-14(20)21)3-24-13(18)19/h6-11,15H,1-5H2,(H,16,17)/t6?,7-,8-,9+,10+,11+/m0/s1. The molecule has 0 aliphatic carbocycles. The lowest BCUT2D eigenvalue weighted by Crippen LogP contribution is -2.36. The Bertz CT molecular complexity index is 515. The van der Waals surface area contributed by atoms with Gasteiger partial charge in [-0.3, -0.25) is 4.79 Å². The Labute approximate surface area is 140 Å². The monoisotopic (exact) mass is 366 g/mol. The van der Waals surface area contributed by atoms with Crippen LogP contribution in [0.4, 0.5) is 0 Å². The maximum Gasteiger partial charge on any atom is 0.306 e. The van der Waals surface area contributed by atoms with Crippen molar-refractivity contribution >= 4 is 5.97 Å². The molecule has 2 heterocycles. The van der Waals surface area contributed by atoms with Gasteiger partial charge in [-0.15, -0.1) is 20.2 Å². The van der Waals surface area contributed by atoms with E-state index in [4.69, 9.17) is 9.47 Å². The zero-order valence-corrected chi connectivity index (χ0v) is 13.0. The molecule has 2 saturated heterocycles. The molecule has 2 fully saturated rings. The summed E-state index contributed by atoms with van der Waals surface area (Å²) >= 11 is 0. The van der Waals surface area contributed by atoms with Crippen molar-refractivity contribution in [3.8, 4) is 0 Å². The van der Waals surface area contributed by atoms with Crippen LogP contribution in [0.25, 0.3) is 0 Å². The highest BCUT2D eigenvalue weighted by Crippen LogP contribution is 2.37. The van der Waals surface area contributed by atoms with Gasteiger partial charge in [-0.05, 0) is 12.8 Å². The molecule has 0 bridgehead atoms. The molecule has 13 heteroatoms. The molecule has 142 valence electrons. The van der Waals surface area contributed by atoms with Gasteiger partial charge in [0.2, 0.25) is 0 Å². The molecule has 2 aliphatic rings. The van der Waals surface area contributed by atoms with Crippen LogP contribution in [-0.2, 0) is 23.9 Å². The summed E-state index contributed by atoms with van der Waals surface area (Å²) in [5.74, 6) is -2.68. The van der Waals surface area contributed by atoms with Crippen molar-refractivity contribution in [3.63, 3.8) is 0 Å². The van der Waals surface area contributed by atoms with Crippen molar-refractivity contribution < 1.29 is 44.3 Å². The summed E-state index contributed by atoms with van der Waals surface area (Å²) in [7, 11) is 0. The minimum atomic E-state index is -1.28. The molecule has 6 atom stereocenters. The van der Waals surface area contributed by atoms with Crippen molar-refractivity contribution in [2.24, 2.45) is 11.8 Å². The Balaban J connectivity index is 1.96. The number of rotatable bonds is 10. The second kappa shape index (κ2) is 8.22. The first kappa shape index (κ1) is 19.1. The molecule has 0 spiro atoms. The summed E-state index contributed by atoms with van der Waals surface area (Å²) in [6, 6.07) is 0. The normalized spacial score (nSPS) is 30.3. The summed E-state index contributed by atoms with van der Waals surface area (Å²) in [5.41, 5.74) is 0. The van der Waals surface area contributed by atoms with Crippen LogP contribution in [0.1, 0.15) is 12.8 Å². The van der Waals surface area contributed by atoms with Crippen LogP contribution in [0, 0.1) is 32.1 Å². The van der Waals surface area contributed by atoms with Crippen LogP contribution >= 0.6 is 0 Å². The van der Waals surface area contributed by atoms with E-state index in [1.165, 1.54) is 0 Å². The number of carboxylic acid groups (broad SMARTS) is 1. The molecule has 0 aromatic rings. The summed E-state index contributed by atoms with van der Waals surface area (Å²) in [6.45, 7) is -0.583. The Hall–Kier alpha value is -2.25. The number of aliphatic hydroxyl groups is 1. The molecule has 2 rings (SSSR count). The number of aliphatic hydroxyl groups excluding tert-OH is 1. The van der Waals surface area contributed by atoms with Gasteiger partial charge in [0.15, 0.2) is 0 Å². The number of nitrogens with zero attached hydrogens (tertiary/aromatic N) is 2. The molecule has 2 aliphatic heterocycles. The molecule has 0 saturated carbocycles. The Kier molecular flexibility index (Phi) is 6.27. The lowest BCUT2D eigenvalue weighted by Gasteiger charge is -2.24. The summed E-state index contributed by atoms with van der Waals surface area (Å²) in [5, 5.41) is 37.6. The van der Waals surface area contributed by atoms with Gasteiger partial charge in [-0.1, -0.05) is 0 Å². The third-order valence-electron chi connectivity index (χ3n) is 4.30. The van der Waals surface area contributed by atoms with E-state index in [-0.39, 0.29) is 26.1 Å². The van der Waals surface area contributed by atoms with Crippen LogP contribution in [-0.4, -0.2) is 70.6 Å². The van der Waals surface area contributed by atoms with Crippen molar-refractivity contribution in [1.82, 2.24) is 0 Å². The van der Waals surface area contributed by atoms with Gasteiger partial charge in [0.1, 0.15) is 24.9 Å². The van der Waals surface area contributed by atoms with Gasteiger partial charge in [0, 0.05) is 5.92 Å². The van der Waals surface area contributed by atoms with E-state index in [1.54, 1.807) is 0 Å². The average Bonchev–Trinajstić information content (AvgIpc) is 3.08. The maximum atomic E-state index is 11.6. The first-order valence-electron chi connectivity index (χ1n) is 7.52. The predicted octanol–water partition coefficient (Wildman–Crippen LogP) is -0.973. The van der Waals surface area contributed by atoms with E-state index < -0.39 is 59.0 Å². The van der Waals surface area contributed by atoms with Gasteiger partial charge in [-0.25, -0.2) is 0 Å². The van der Waals surface area contributed by atoms with Gasteiger partial charge in [0.05, 0.1) is 25.2 Å². The van der Waals surface area contributed by atoms with E-state index in [9.17, 15) is 35.2 Å². The number of ether oxygens (including phenoxy) is 2. The van der Waals surface area contributed by atoms with Crippen LogP contribution in [0.5, 0.6) is 0 Å². The molecule has 13 nitrogen and oxygen atoms in total. The Morgan fingerprint density at radius 3 is 2.44 bits per heavy atom. The highest BCUT2D eigenvalue weighted by Gasteiger charge is 2.51. The minimum Gasteiger partial charge on any atom is -0.481 e. The van der Waals surface area contributed by atoms with Gasteiger partial charge >= 0.3 is 5.97 Å². The summed E-state index contributed by atoms with van der Waals surface area (Å²) < 4.78 is 10.8. The van der Waals surface area contributed by atoms with Crippen molar-refractivity contribution in [3.05, 3.63) is 20.2 Å². The van der Waals surface area contributed by atoms with Crippen LogP contribution in [0.3, 0.4) is 0 Å². The fraction of sp³-hybridized carbons (Fsp3) is 0.917.